The number of nitrogens with zero attached hydrogens (tertiary/aromatic N) is 2. The zero-order valence-corrected chi connectivity index (χ0v) is 12.7. The smallest absolute Gasteiger partial charge is 0.347 e. The Morgan fingerprint density at radius 2 is 2.26 bits per heavy atom. The van der Waals surface area contributed by atoms with Gasteiger partial charge in [-0.1, -0.05) is 12.1 Å². The monoisotopic (exact) mass is 320 g/mol. The van der Waals surface area contributed by atoms with Gasteiger partial charge < -0.3 is 9.84 Å². The molecule has 0 spiro atoms. The molecule has 1 aromatic carbocycles. The molecular formula is C16H17FN2O4. The number of ether oxygens (including phenoxy) is 1. The fraction of sp³-hybridized carbons (Fsp3) is 0.375. The quantitative estimate of drug-likeness (QED) is 0.676. The van der Waals surface area contributed by atoms with Gasteiger partial charge in [-0.15, -0.1) is 0 Å². The van der Waals surface area contributed by atoms with E-state index in [2.05, 4.69) is 4.74 Å². The summed E-state index contributed by atoms with van der Waals surface area (Å²) in [5.74, 6) is -2.12. The number of aliphatic hydroxyl groups excluding tert-OH is 1. The number of hydrazine groups is 1. The molecule has 1 amide bonds. The van der Waals surface area contributed by atoms with Crippen molar-refractivity contribution in [1.29, 1.82) is 0 Å². The van der Waals surface area contributed by atoms with E-state index in [-0.39, 0.29) is 17.9 Å². The van der Waals surface area contributed by atoms with Gasteiger partial charge in [0.2, 0.25) is 0 Å². The van der Waals surface area contributed by atoms with Crippen LogP contribution in [0.25, 0.3) is 0 Å². The SMILES string of the molecule is COC(=O)C1=C(O)C2CCCN2N(Cc2cccc(F)c2)C1=O. The molecule has 0 saturated carbocycles. The minimum absolute atomic E-state index is 0.126. The second-order valence-corrected chi connectivity index (χ2v) is 5.57. The fourth-order valence-corrected chi connectivity index (χ4v) is 3.11. The summed E-state index contributed by atoms with van der Waals surface area (Å²) in [6, 6.07) is 5.52. The Hall–Kier alpha value is -2.41. The summed E-state index contributed by atoms with van der Waals surface area (Å²) in [7, 11) is 1.16. The molecule has 6 nitrogen and oxygen atoms in total. The van der Waals surface area contributed by atoms with Crippen molar-refractivity contribution in [1.82, 2.24) is 10.0 Å². The zero-order chi connectivity index (χ0) is 16.6. The molecule has 1 saturated heterocycles. The number of hydrogen-bond acceptors (Lipinski definition) is 5. The van der Waals surface area contributed by atoms with E-state index in [1.165, 1.54) is 17.1 Å². The van der Waals surface area contributed by atoms with Gasteiger partial charge in [-0.3, -0.25) is 9.80 Å². The van der Waals surface area contributed by atoms with Crippen LogP contribution >= 0.6 is 0 Å². The van der Waals surface area contributed by atoms with Crippen LogP contribution in [0.1, 0.15) is 18.4 Å². The number of methoxy groups -OCH3 is 1. The number of benzene rings is 1. The molecule has 2 heterocycles. The Morgan fingerprint density at radius 3 is 2.96 bits per heavy atom. The average Bonchev–Trinajstić information content (AvgIpc) is 3.01. The summed E-state index contributed by atoms with van der Waals surface area (Å²) in [5, 5.41) is 13.4. The molecule has 1 aromatic rings. The lowest BCUT2D eigenvalue weighted by molar-refractivity contribution is -0.156. The molecule has 7 heteroatoms. The molecule has 1 unspecified atom stereocenters. The van der Waals surface area contributed by atoms with Crippen molar-refractivity contribution in [3.8, 4) is 0 Å². The molecule has 1 fully saturated rings. The zero-order valence-electron chi connectivity index (χ0n) is 12.7. The third-order valence-electron chi connectivity index (χ3n) is 4.17. The third-order valence-corrected chi connectivity index (χ3v) is 4.17. The highest BCUT2D eigenvalue weighted by molar-refractivity contribution is 6.17. The summed E-state index contributed by atoms with van der Waals surface area (Å²) >= 11 is 0. The van der Waals surface area contributed by atoms with Gasteiger partial charge in [0.15, 0.2) is 5.57 Å². The predicted molar refractivity (Wildman–Crippen MR) is 78.3 cm³/mol. The average molecular weight is 320 g/mol. The van der Waals surface area contributed by atoms with E-state index in [0.29, 0.717) is 18.5 Å². The van der Waals surface area contributed by atoms with Crippen LogP contribution in [0, 0.1) is 5.82 Å². The lowest BCUT2D eigenvalue weighted by Gasteiger charge is -2.40. The first kappa shape index (κ1) is 15.5. The van der Waals surface area contributed by atoms with Crippen LogP contribution in [0.15, 0.2) is 35.6 Å². The number of halogens is 1. The minimum Gasteiger partial charge on any atom is -0.509 e. The molecular weight excluding hydrogens is 303 g/mol. The van der Waals surface area contributed by atoms with Crippen LogP contribution in [0.2, 0.25) is 0 Å². The number of carbonyl (C=O) groups excluding carboxylic acids is 2. The molecule has 2 aliphatic heterocycles. The van der Waals surface area contributed by atoms with Gasteiger partial charge in [0.25, 0.3) is 5.91 Å². The van der Waals surface area contributed by atoms with Gasteiger partial charge in [0.05, 0.1) is 19.7 Å². The first-order valence-corrected chi connectivity index (χ1v) is 7.37. The molecule has 122 valence electrons. The molecule has 1 N–H and O–H groups in total. The highest BCUT2D eigenvalue weighted by atomic mass is 19.1. The maximum atomic E-state index is 13.4. The van der Waals surface area contributed by atoms with Crippen molar-refractivity contribution in [3.63, 3.8) is 0 Å². The predicted octanol–water partition coefficient (Wildman–Crippen LogP) is 1.53. The summed E-state index contributed by atoms with van der Waals surface area (Å²) in [5.41, 5.74) is 0.265. The summed E-state index contributed by atoms with van der Waals surface area (Å²) in [6.07, 6.45) is 1.43. The first-order valence-electron chi connectivity index (χ1n) is 7.37. The maximum absolute atomic E-state index is 13.4. The minimum atomic E-state index is -0.858. The molecule has 0 radical (unpaired) electrons. The Kier molecular flexibility index (Phi) is 4.04. The van der Waals surface area contributed by atoms with Crippen molar-refractivity contribution < 1.29 is 23.8 Å². The Morgan fingerprint density at radius 1 is 1.48 bits per heavy atom. The van der Waals surface area contributed by atoms with Crippen molar-refractivity contribution in [2.24, 2.45) is 0 Å². The van der Waals surface area contributed by atoms with Crippen LogP contribution < -0.4 is 0 Å². The van der Waals surface area contributed by atoms with E-state index in [1.54, 1.807) is 17.1 Å². The topological polar surface area (TPSA) is 70.1 Å². The lowest BCUT2D eigenvalue weighted by atomic mass is 10.0. The number of amides is 1. The van der Waals surface area contributed by atoms with E-state index in [4.69, 9.17) is 0 Å². The highest BCUT2D eigenvalue weighted by Gasteiger charge is 2.45. The van der Waals surface area contributed by atoms with Crippen LogP contribution in [0.3, 0.4) is 0 Å². The number of aliphatic hydroxyl groups is 1. The van der Waals surface area contributed by atoms with E-state index in [1.807, 2.05) is 0 Å². The Balaban J connectivity index is 1.96. The van der Waals surface area contributed by atoms with Crippen molar-refractivity contribution in [3.05, 3.63) is 47.0 Å². The number of fused-ring (bicyclic) bond motifs is 1. The molecule has 0 aliphatic carbocycles. The molecule has 23 heavy (non-hydrogen) atoms. The highest BCUT2D eigenvalue weighted by Crippen LogP contribution is 2.33. The molecule has 0 bridgehead atoms. The van der Waals surface area contributed by atoms with E-state index in [0.717, 1.165) is 13.5 Å². The lowest BCUT2D eigenvalue weighted by Crippen LogP contribution is -2.54. The molecule has 0 aromatic heterocycles. The third kappa shape index (κ3) is 2.68. The maximum Gasteiger partial charge on any atom is 0.347 e. The number of carbonyl (C=O) groups is 2. The van der Waals surface area contributed by atoms with Crippen molar-refractivity contribution in [2.75, 3.05) is 13.7 Å². The van der Waals surface area contributed by atoms with Crippen LogP contribution in [-0.4, -0.2) is 46.7 Å². The van der Waals surface area contributed by atoms with E-state index >= 15 is 0 Å². The van der Waals surface area contributed by atoms with Crippen LogP contribution in [0.4, 0.5) is 4.39 Å². The van der Waals surface area contributed by atoms with Crippen molar-refractivity contribution >= 4 is 11.9 Å². The van der Waals surface area contributed by atoms with Gasteiger partial charge in [0.1, 0.15) is 11.6 Å². The summed E-state index contributed by atoms with van der Waals surface area (Å²) in [4.78, 5) is 24.5. The second-order valence-electron chi connectivity index (χ2n) is 5.57. The standard InChI is InChI=1S/C16H17FN2O4/c1-23-16(22)13-14(20)12-6-3-7-18(12)19(15(13)21)9-10-4-2-5-11(17)8-10/h2,4-5,8,12,20H,3,6-7,9H2,1H3. The van der Waals surface area contributed by atoms with E-state index in [9.17, 15) is 19.1 Å². The van der Waals surface area contributed by atoms with Gasteiger partial charge in [-0.05, 0) is 30.5 Å². The summed E-state index contributed by atoms with van der Waals surface area (Å²) in [6.45, 7) is 0.713. The van der Waals surface area contributed by atoms with Crippen LogP contribution in [-0.2, 0) is 20.9 Å². The van der Waals surface area contributed by atoms with Gasteiger partial charge in [0, 0.05) is 6.54 Å². The number of esters is 1. The van der Waals surface area contributed by atoms with Crippen molar-refractivity contribution in [2.45, 2.75) is 25.4 Å². The number of rotatable bonds is 3. The van der Waals surface area contributed by atoms with Crippen LogP contribution in [0.5, 0.6) is 0 Å². The normalized spacial score (nSPS) is 21.6. The molecule has 2 aliphatic rings. The largest absolute Gasteiger partial charge is 0.509 e. The number of hydrogen-bond donors (Lipinski definition) is 1. The van der Waals surface area contributed by atoms with Gasteiger partial charge in [-0.2, -0.15) is 0 Å². The Bertz CT molecular complexity index is 688. The van der Waals surface area contributed by atoms with E-state index < -0.39 is 23.7 Å². The van der Waals surface area contributed by atoms with Gasteiger partial charge >= 0.3 is 5.97 Å². The summed E-state index contributed by atoms with van der Waals surface area (Å²) < 4.78 is 18.0. The fourth-order valence-electron chi connectivity index (χ4n) is 3.11. The Labute approximate surface area is 132 Å². The molecule has 1 atom stereocenters. The molecule has 3 rings (SSSR count). The first-order chi connectivity index (χ1) is 11.0. The second kappa shape index (κ2) is 6.00. The van der Waals surface area contributed by atoms with Gasteiger partial charge in [-0.25, -0.2) is 14.2 Å².